The summed E-state index contributed by atoms with van der Waals surface area (Å²) in [5.74, 6) is 0. The van der Waals surface area contributed by atoms with Crippen molar-refractivity contribution >= 4 is 51.2 Å². The van der Waals surface area contributed by atoms with Gasteiger partial charge in [0, 0.05) is 54.2 Å². The molecule has 140 heavy (non-hydrogen) atoms. The van der Waals surface area contributed by atoms with E-state index in [0.717, 1.165) is 180 Å². The van der Waals surface area contributed by atoms with E-state index < -0.39 is 0 Å². The first-order valence-corrected chi connectivity index (χ1v) is 46.1. The van der Waals surface area contributed by atoms with E-state index in [-0.39, 0.29) is 74.0 Å². The molecule has 21 aromatic rings. The Balaban J connectivity index is 0.000000150. The third-order valence-electron chi connectivity index (χ3n) is 23.9. The van der Waals surface area contributed by atoms with Gasteiger partial charge in [-0.05, 0) is 230 Å². The molecular weight excluding hydrogens is 2250 g/mol. The molecular formula is C128H97N9Pt3. The van der Waals surface area contributed by atoms with Crippen LogP contribution in [0.1, 0.15) is 52.7 Å². The van der Waals surface area contributed by atoms with Crippen molar-refractivity contribution in [3.63, 3.8) is 0 Å². The van der Waals surface area contributed by atoms with Crippen LogP contribution >= 0.6 is 0 Å². The fraction of sp³-hybridized carbons (Fsp3) is 0.0625. The van der Waals surface area contributed by atoms with Crippen LogP contribution in [0.25, 0.3) is 134 Å². The third-order valence-corrected chi connectivity index (χ3v) is 23.9. The Morgan fingerprint density at radius 1 is 0.164 bits per heavy atom. The van der Waals surface area contributed by atoms with Gasteiger partial charge >= 0.3 is 63.2 Å². The van der Waals surface area contributed by atoms with Gasteiger partial charge < -0.3 is 44.6 Å². The van der Waals surface area contributed by atoms with E-state index in [1.807, 2.05) is 134 Å². The largest absolute Gasteiger partial charge is 2.00 e. The van der Waals surface area contributed by atoms with E-state index in [4.69, 9.17) is 24.9 Å². The maximum absolute atomic E-state index is 4.76. The molecule has 0 radical (unpaired) electrons. The topological polar surface area (TPSA) is 87.1 Å². The summed E-state index contributed by atoms with van der Waals surface area (Å²) < 4.78 is 0. The SMILES string of the molecule is CC(C)(C)c1cc(N(c2[c-]c(-c3ccccn3)ccc2)c2[c-]c(-c3cc(-c4ccccc4)ccn3)ccc2)cc(C(C)(C)C)c1.[Pt+2].[Pt+2].[Pt+2].[c-]1c(-c2cc(-c3ccccc3)ccn2)cccc1N(c1[c-]c(-c2cc(-c3ccccc3)ccn2)ccc1)c1ccc(-c2ccccc2)cc1.[c-]1c(-c2cc(-c3ccccc3)ccn2)cccc1N(c1[c-]c(-c2cc(-c3ccccc3)ccn2)ccc1)c1ccccc1. The van der Waals surface area contributed by atoms with E-state index in [1.165, 1.54) is 16.7 Å². The van der Waals surface area contributed by atoms with Crippen LogP contribution in [0.4, 0.5) is 51.2 Å². The third kappa shape index (κ3) is 23.7. The van der Waals surface area contributed by atoms with Crippen molar-refractivity contribution in [1.29, 1.82) is 0 Å². The zero-order valence-corrected chi connectivity index (χ0v) is 84.9. The minimum Gasteiger partial charge on any atom is -0.346 e. The number of benzene rings is 15. The van der Waals surface area contributed by atoms with Crippen LogP contribution in [0.15, 0.2) is 480 Å². The summed E-state index contributed by atoms with van der Waals surface area (Å²) in [5, 5.41) is 0. The molecule has 0 saturated heterocycles. The molecule has 0 saturated carbocycles. The van der Waals surface area contributed by atoms with E-state index in [0.29, 0.717) is 0 Å². The number of hydrogen-bond donors (Lipinski definition) is 0. The normalized spacial score (nSPS) is 10.9. The number of aromatic nitrogens is 6. The quantitative estimate of drug-likeness (QED) is 0.0653. The second-order valence-electron chi connectivity index (χ2n) is 35.4. The molecule has 6 aromatic heterocycles. The zero-order chi connectivity index (χ0) is 93.3. The van der Waals surface area contributed by atoms with E-state index in [9.17, 15) is 0 Å². The maximum atomic E-state index is 4.76. The predicted molar refractivity (Wildman–Crippen MR) is 566 cm³/mol. The molecule has 0 spiro atoms. The molecule has 15 aromatic carbocycles. The Hall–Kier alpha value is -15.3. The Morgan fingerprint density at radius 2 is 0.379 bits per heavy atom. The van der Waals surface area contributed by atoms with Gasteiger partial charge in [-0.1, -0.05) is 302 Å². The average molecular weight is 2350 g/mol. The van der Waals surface area contributed by atoms with Gasteiger partial charge in [-0.2, -0.15) is 0 Å². The summed E-state index contributed by atoms with van der Waals surface area (Å²) in [6.07, 6.45) is 11.2. The van der Waals surface area contributed by atoms with Crippen LogP contribution in [-0.2, 0) is 74.0 Å². The minimum atomic E-state index is -0.0332. The molecule has 0 bridgehead atoms. The second kappa shape index (κ2) is 45.8. The molecule has 0 aliphatic heterocycles. The van der Waals surface area contributed by atoms with E-state index in [1.54, 1.807) is 0 Å². The molecule has 6 heterocycles. The van der Waals surface area contributed by atoms with Gasteiger partial charge in [0.1, 0.15) is 0 Å². The Bertz CT molecular complexity index is 7380. The summed E-state index contributed by atoms with van der Waals surface area (Å²) in [6.45, 7) is 13.6. The van der Waals surface area contributed by atoms with Crippen LogP contribution in [0.2, 0.25) is 0 Å². The molecule has 9 nitrogen and oxygen atoms in total. The number of para-hydroxylation sites is 1. The molecule has 0 atom stereocenters. The first-order valence-electron chi connectivity index (χ1n) is 46.1. The van der Waals surface area contributed by atoms with Crippen LogP contribution in [0, 0.1) is 36.4 Å². The van der Waals surface area contributed by atoms with Crippen molar-refractivity contribution in [2.24, 2.45) is 0 Å². The Kier molecular flexibility index (Phi) is 31.9. The summed E-state index contributed by atoms with van der Waals surface area (Å²) in [4.78, 5) is 34.9. The molecule has 0 fully saturated rings. The average Bonchev–Trinajstić information content (AvgIpc) is 0.777. The first kappa shape index (κ1) is 97.7. The van der Waals surface area contributed by atoms with Crippen molar-refractivity contribution in [2.45, 2.75) is 52.4 Å². The van der Waals surface area contributed by atoms with Gasteiger partial charge in [0.15, 0.2) is 0 Å². The molecule has 0 aliphatic rings. The van der Waals surface area contributed by atoms with Gasteiger partial charge in [-0.15, -0.1) is 179 Å². The summed E-state index contributed by atoms with van der Waals surface area (Å²) in [5.41, 5.74) is 35.5. The van der Waals surface area contributed by atoms with Crippen LogP contribution in [-0.4, -0.2) is 29.9 Å². The predicted octanol–water partition coefficient (Wildman–Crippen LogP) is 33.2. The number of hydrogen-bond acceptors (Lipinski definition) is 9. The van der Waals surface area contributed by atoms with E-state index >= 15 is 0 Å². The van der Waals surface area contributed by atoms with Gasteiger partial charge in [0.25, 0.3) is 0 Å². The van der Waals surface area contributed by atoms with Gasteiger partial charge in [0.2, 0.25) is 0 Å². The van der Waals surface area contributed by atoms with E-state index in [2.05, 4.69) is 443 Å². The monoisotopic (exact) mass is 2340 g/mol. The molecule has 0 N–H and O–H groups in total. The number of nitrogens with zero attached hydrogens (tertiary/aromatic N) is 9. The van der Waals surface area contributed by atoms with Gasteiger partial charge in [-0.25, -0.2) is 0 Å². The van der Waals surface area contributed by atoms with Gasteiger partial charge in [-0.3, -0.25) is 0 Å². The van der Waals surface area contributed by atoms with Crippen LogP contribution in [0.5, 0.6) is 0 Å². The number of rotatable bonds is 21. The molecule has 21 rings (SSSR count). The zero-order valence-electron chi connectivity index (χ0n) is 78.1. The minimum absolute atomic E-state index is 0. The van der Waals surface area contributed by atoms with Gasteiger partial charge in [0.05, 0.1) is 0 Å². The Morgan fingerprint density at radius 3 is 0.629 bits per heavy atom. The molecule has 12 heteroatoms. The number of pyridine rings is 6. The second-order valence-corrected chi connectivity index (χ2v) is 35.4. The molecule has 0 unspecified atom stereocenters. The molecule has 684 valence electrons. The van der Waals surface area contributed by atoms with Crippen molar-refractivity contribution < 1.29 is 63.2 Å². The molecule has 0 amide bonds. The maximum Gasteiger partial charge on any atom is 2.00 e. The Labute approximate surface area is 865 Å². The fourth-order valence-electron chi connectivity index (χ4n) is 16.7. The smallest absolute Gasteiger partial charge is 0.346 e. The molecule has 0 aliphatic carbocycles. The van der Waals surface area contributed by atoms with Crippen LogP contribution < -0.4 is 14.7 Å². The van der Waals surface area contributed by atoms with Crippen molar-refractivity contribution in [3.05, 3.63) is 528 Å². The standard InChI is InChI=1S/C46H31N3.C42H39N3.C40H27N3.3Pt/c1-4-12-34(13-5-1)37-22-24-42(25-23-37)49(43-20-10-18-40(30-43)45-32-38(26-28-47-45)35-14-6-2-7-15-35)44-21-11-19-41(31-44)46-33-39(27-29-48-46)36-16-8-3-9-17-36;1-41(2,3)34-27-35(42(4,5)6)29-38(28-34)45(36-18-12-16-32(24-36)39-20-10-11-22-43-39)37-19-13-17-33(25-37)40-26-31(21-23-44-40)30-14-8-7-9-15-30;1-4-12-30(13-5-1)32-22-24-41-39(28-32)34-16-10-20-37(26-34)43(36-18-8-3-9-19-36)38-21-11-17-35(27-38)40-29-33(23-25-42-40)31-14-6-2-7-15-31;;;/h1-29,32-33H;7-23,26-29H,1-6H3;1-25,28-29H;;;/q3*-2;3*+2. The summed E-state index contributed by atoms with van der Waals surface area (Å²) in [7, 11) is 0. The fourth-order valence-corrected chi connectivity index (χ4v) is 16.7. The first-order chi connectivity index (χ1) is 67.2. The summed E-state index contributed by atoms with van der Waals surface area (Å²) in [6, 6.07) is 175. The van der Waals surface area contributed by atoms with Crippen molar-refractivity contribution in [2.75, 3.05) is 14.7 Å². The van der Waals surface area contributed by atoms with Crippen molar-refractivity contribution in [1.82, 2.24) is 29.9 Å². The summed E-state index contributed by atoms with van der Waals surface area (Å²) >= 11 is 0. The van der Waals surface area contributed by atoms with Crippen molar-refractivity contribution in [3.8, 4) is 134 Å². The van der Waals surface area contributed by atoms with Crippen LogP contribution in [0.3, 0.4) is 0 Å². The number of anilines is 9.